The fourth-order valence-electron chi connectivity index (χ4n) is 2.56. The first kappa shape index (κ1) is 12.1. The summed E-state index contributed by atoms with van der Waals surface area (Å²) in [7, 11) is 0. The predicted molar refractivity (Wildman–Crippen MR) is 74.7 cm³/mol. The average molecular weight is 257 g/mol. The number of anilines is 1. The van der Waals surface area contributed by atoms with Crippen molar-refractivity contribution in [1.29, 1.82) is 0 Å². The van der Waals surface area contributed by atoms with Crippen LogP contribution < -0.4 is 4.90 Å². The lowest BCUT2D eigenvalue weighted by molar-refractivity contribution is 0.567. The number of hydrogen-bond acceptors (Lipinski definition) is 4. The SMILES string of the molecule is Cc1cc(C)n(-c2ccnc(N3CCCCC3)n2)n1. The normalized spacial score (nSPS) is 15.8. The van der Waals surface area contributed by atoms with Gasteiger partial charge in [-0.2, -0.15) is 10.1 Å². The molecule has 5 heteroatoms. The number of rotatable bonds is 2. The van der Waals surface area contributed by atoms with Crippen LogP contribution in [0.5, 0.6) is 0 Å². The molecule has 0 N–H and O–H groups in total. The zero-order valence-corrected chi connectivity index (χ0v) is 11.5. The minimum absolute atomic E-state index is 0.824. The molecule has 0 saturated carbocycles. The maximum atomic E-state index is 4.66. The quantitative estimate of drug-likeness (QED) is 0.828. The van der Waals surface area contributed by atoms with Gasteiger partial charge in [-0.15, -0.1) is 0 Å². The summed E-state index contributed by atoms with van der Waals surface area (Å²) in [5, 5.41) is 4.47. The second kappa shape index (κ2) is 4.99. The number of aryl methyl sites for hydroxylation is 2. The van der Waals surface area contributed by atoms with Gasteiger partial charge in [-0.3, -0.25) is 0 Å². The largest absolute Gasteiger partial charge is 0.341 e. The van der Waals surface area contributed by atoms with E-state index in [1.807, 2.05) is 30.8 Å². The molecular weight excluding hydrogens is 238 g/mol. The molecule has 3 rings (SSSR count). The molecule has 0 amide bonds. The van der Waals surface area contributed by atoms with E-state index in [4.69, 9.17) is 0 Å². The summed E-state index contributed by atoms with van der Waals surface area (Å²) in [5.74, 6) is 1.67. The van der Waals surface area contributed by atoms with E-state index in [1.165, 1.54) is 19.3 Å². The Balaban J connectivity index is 1.93. The van der Waals surface area contributed by atoms with Crippen molar-refractivity contribution in [3.05, 3.63) is 29.7 Å². The molecule has 1 fully saturated rings. The molecule has 0 atom stereocenters. The van der Waals surface area contributed by atoms with Gasteiger partial charge in [0.15, 0.2) is 5.82 Å². The number of piperidine rings is 1. The third-order valence-electron chi connectivity index (χ3n) is 3.49. The molecule has 1 saturated heterocycles. The Bertz CT molecular complexity index is 569. The predicted octanol–water partition coefficient (Wildman–Crippen LogP) is 2.27. The molecule has 0 unspecified atom stereocenters. The molecule has 3 heterocycles. The van der Waals surface area contributed by atoms with E-state index in [2.05, 4.69) is 26.0 Å². The highest BCUT2D eigenvalue weighted by Gasteiger charge is 2.14. The first-order valence-electron chi connectivity index (χ1n) is 6.86. The molecule has 0 spiro atoms. The monoisotopic (exact) mass is 257 g/mol. The van der Waals surface area contributed by atoms with E-state index >= 15 is 0 Å². The van der Waals surface area contributed by atoms with Gasteiger partial charge in [0.05, 0.1) is 5.69 Å². The molecule has 0 aliphatic carbocycles. The van der Waals surface area contributed by atoms with Crippen LogP contribution in [0.3, 0.4) is 0 Å². The highest BCUT2D eigenvalue weighted by atomic mass is 15.3. The Morgan fingerprint density at radius 2 is 1.89 bits per heavy atom. The lowest BCUT2D eigenvalue weighted by Crippen LogP contribution is -2.31. The Hall–Kier alpha value is -1.91. The van der Waals surface area contributed by atoms with E-state index in [-0.39, 0.29) is 0 Å². The van der Waals surface area contributed by atoms with Gasteiger partial charge in [-0.25, -0.2) is 9.67 Å². The van der Waals surface area contributed by atoms with Crippen LogP contribution in [0.1, 0.15) is 30.7 Å². The number of aromatic nitrogens is 4. The topological polar surface area (TPSA) is 46.8 Å². The Morgan fingerprint density at radius 1 is 1.11 bits per heavy atom. The molecule has 0 bridgehead atoms. The zero-order chi connectivity index (χ0) is 13.2. The second-order valence-electron chi connectivity index (χ2n) is 5.10. The van der Waals surface area contributed by atoms with Crippen LogP contribution in [0.4, 0.5) is 5.95 Å². The fraction of sp³-hybridized carbons (Fsp3) is 0.500. The van der Waals surface area contributed by atoms with E-state index in [0.717, 1.165) is 36.2 Å². The van der Waals surface area contributed by atoms with Crippen molar-refractivity contribution in [2.24, 2.45) is 0 Å². The Morgan fingerprint density at radius 3 is 2.58 bits per heavy atom. The van der Waals surface area contributed by atoms with Gasteiger partial charge in [0, 0.05) is 31.0 Å². The molecule has 1 aliphatic heterocycles. The van der Waals surface area contributed by atoms with E-state index in [1.54, 1.807) is 0 Å². The first-order valence-corrected chi connectivity index (χ1v) is 6.86. The molecule has 2 aromatic rings. The van der Waals surface area contributed by atoms with Crippen LogP contribution in [0.15, 0.2) is 18.3 Å². The second-order valence-corrected chi connectivity index (χ2v) is 5.10. The maximum absolute atomic E-state index is 4.66. The summed E-state index contributed by atoms with van der Waals surface area (Å²) in [6.07, 6.45) is 5.59. The van der Waals surface area contributed by atoms with Gasteiger partial charge in [0.1, 0.15) is 0 Å². The van der Waals surface area contributed by atoms with Gasteiger partial charge in [0.25, 0.3) is 0 Å². The maximum Gasteiger partial charge on any atom is 0.227 e. The molecule has 2 aromatic heterocycles. The Kier molecular flexibility index (Phi) is 3.19. The van der Waals surface area contributed by atoms with Crippen LogP contribution in [0.2, 0.25) is 0 Å². The zero-order valence-electron chi connectivity index (χ0n) is 11.5. The van der Waals surface area contributed by atoms with Gasteiger partial charge in [0.2, 0.25) is 5.95 Å². The number of hydrogen-bond donors (Lipinski definition) is 0. The van der Waals surface area contributed by atoms with Crippen molar-refractivity contribution < 1.29 is 0 Å². The van der Waals surface area contributed by atoms with Crippen LogP contribution in [-0.2, 0) is 0 Å². The molecule has 5 nitrogen and oxygen atoms in total. The summed E-state index contributed by atoms with van der Waals surface area (Å²) in [5.41, 5.74) is 2.11. The lowest BCUT2D eigenvalue weighted by atomic mass is 10.1. The van der Waals surface area contributed by atoms with Crippen LogP contribution in [-0.4, -0.2) is 32.8 Å². The van der Waals surface area contributed by atoms with Crippen LogP contribution >= 0.6 is 0 Å². The summed E-state index contributed by atoms with van der Waals surface area (Å²) in [6, 6.07) is 3.97. The van der Waals surface area contributed by atoms with Crippen molar-refractivity contribution in [2.45, 2.75) is 33.1 Å². The third kappa shape index (κ3) is 2.45. The summed E-state index contributed by atoms with van der Waals surface area (Å²) in [6.45, 7) is 6.15. The molecule has 1 aliphatic rings. The Labute approximate surface area is 113 Å². The standard InChI is InChI=1S/C14H19N5/c1-11-10-12(2)19(17-11)13-6-7-15-14(16-13)18-8-4-3-5-9-18/h6-7,10H,3-5,8-9H2,1-2H3. The molecule has 0 radical (unpaired) electrons. The van der Waals surface area contributed by atoms with Crippen molar-refractivity contribution in [3.63, 3.8) is 0 Å². The molecule has 100 valence electrons. The van der Waals surface area contributed by atoms with E-state index < -0.39 is 0 Å². The van der Waals surface area contributed by atoms with E-state index in [9.17, 15) is 0 Å². The fourth-order valence-corrected chi connectivity index (χ4v) is 2.56. The molecule has 0 aromatic carbocycles. The summed E-state index contributed by atoms with van der Waals surface area (Å²) < 4.78 is 1.88. The highest BCUT2D eigenvalue weighted by molar-refractivity contribution is 5.36. The van der Waals surface area contributed by atoms with Gasteiger partial charge >= 0.3 is 0 Å². The van der Waals surface area contributed by atoms with Gasteiger partial charge < -0.3 is 4.90 Å². The third-order valence-corrected chi connectivity index (χ3v) is 3.49. The molecular formula is C14H19N5. The average Bonchev–Trinajstić information content (AvgIpc) is 2.79. The first-order chi connectivity index (χ1) is 9.24. The van der Waals surface area contributed by atoms with Crippen LogP contribution in [0, 0.1) is 13.8 Å². The van der Waals surface area contributed by atoms with Crippen molar-refractivity contribution in [3.8, 4) is 5.82 Å². The van der Waals surface area contributed by atoms with E-state index in [0.29, 0.717) is 0 Å². The van der Waals surface area contributed by atoms with Crippen molar-refractivity contribution >= 4 is 5.95 Å². The smallest absolute Gasteiger partial charge is 0.227 e. The van der Waals surface area contributed by atoms with Gasteiger partial charge in [-0.05, 0) is 39.2 Å². The number of nitrogens with zero attached hydrogens (tertiary/aromatic N) is 5. The van der Waals surface area contributed by atoms with Crippen LogP contribution in [0.25, 0.3) is 5.82 Å². The highest BCUT2D eigenvalue weighted by Crippen LogP contribution is 2.17. The summed E-state index contributed by atoms with van der Waals surface area (Å²) in [4.78, 5) is 11.3. The summed E-state index contributed by atoms with van der Waals surface area (Å²) >= 11 is 0. The van der Waals surface area contributed by atoms with Crippen molar-refractivity contribution in [2.75, 3.05) is 18.0 Å². The van der Waals surface area contributed by atoms with Gasteiger partial charge in [-0.1, -0.05) is 0 Å². The minimum Gasteiger partial charge on any atom is -0.341 e. The van der Waals surface area contributed by atoms with Crippen molar-refractivity contribution in [1.82, 2.24) is 19.7 Å². The minimum atomic E-state index is 0.824. The molecule has 19 heavy (non-hydrogen) atoms. The lowest BCUT2D eigenvalue weighted by Gasteiger charge is -2.26.